The molecule has 1 aromatic heterocycles. The molecule has 0 atom stereocenters. The monoisotopic (exact) mass is 339 g/mol. The SMILES string of the molecule is O=C(Nc1cccc(F)c1)c1sc2cc(Cl)ccc2c1Cl. The van der Waals surface area contributed by atoms with Crippen LogP contribution in [0.1, 0.15) is 9.67 Å². The number of hydrogen-bond acceptors (Lipinski definition) is 2. The number of amides is 1. The lowest BCUT2D eigenvalue weighted by Crippen LogP contribution is -2.10. The van der Waals surface area contributed by atoms with Gasteiger partial charge in [-0.25, -0.2) is 4.39 Å². The molecule has 0 fully saturated rings. The molecule has 2 aromatic carbocycles. The molecule has 0 aliphatic rings. The van der Waals surface area contributed by atoms with E-state index < -0.39 is 5.82 Å². The Morgan fingerprint density at radius 3 is 2.71 bits per heavy atom. The first-order valence-corrected chi connectivity index (χ1v) is 7.56. The van der Waals surface area contributed by atoms with Crippen molar-refractivity contribution < 1.29 is 9.18 Å². The number of benzene rings is 2. The van der Waals surface area contributed by atoms with Gasteiger partial charge in [-0.15, -0.1) is 11.3 Å². The van der Waals surface area contributed by atoms with Crippen molar-refractivity contribution in [3.05, 3.63) is 63.2 Å². The van der Waals surface area contributed by atoms with Crippen molar-refractivity contribution in [2.75, 3.05) is 5.32 Å². The largest absolute Gasteiger partial charge is 0.321 e. The quantitative estimate of drug-likeness (QED) is 0.646. The minimum absolute atomic E-state index is 0.372. The average Bonchev–Trinajstić information content (AvgIpc) is 2.75. The second-order valence-corrected chi connectivity index (χ2v) is 6.22. The molecule has 0 unspecified atom stereocenters. The van der Waals surface area contributed by atoms with E-state index in [2.05, 4.69) is 5.32 Å². The van der Waals surface area contributed by atoms with Gasteiger partial charge in [0.1, 0.15) is 10.7 Å². The van der Waals surface area contributed by atoms with E-state index in [0.29, 0.717) is 20.6 Å². The van der Waals surface area contributed by atoms with Crippen LogP contribution in [0.15, 0.2) is 42.5 Å². The number of carbonyl (C=O) groups excluding carboxylic acids is 1. The molecule has 1 heterocycles. The Balaban J connectivity index is 1.96. The van der Waals surface area contributed by atoms with Gasteiger partial charge >= 0.3 is 0 Å². The van der Waals surface area contributed by atoms with E-state index >= 15 is 0 Å². The van der Waals surface area contributed by atoms with E-state index in [1.54, 1.807) is 24.3 Å². The lowest BCUT2D eigenvalue weighted by Gasteiger charge is -2.03. The van der Waals surface area contributed by atoms with Gasteiger partial charge in [0.15, 0.2) is 0 Å². The maximum atomic E-state index is 13.1. The molecule has 1 N–H and O–H groups in total. The standard InChI is InChI=1S/C15H8Cl2FNOS/c16-8-4-5-11-12(6-8)21-14(13(11)17)15(20)19-10-3-1-2-9(18)7-10/h1-7H,(H,19,20). The molecule has 21 heavy (non-hydrogen) atoms. The highest BCUT2D eigenvalue weighted by Crippen LogP contribution is 2.37. The van der Waals surface area contributed by atoms with Crippen LogP contribution < -0.4 is 5.32 Å². The molecule has 0 aliphatic carbocycles. The Morgan fingerprint density at radius 1 is 1.14 bits per heavy atom. The van der Waals surface area contributed by atoms with Crippen molar-refractivity contribution in [1.29, 1.82) is 0 Å². The Bertz CT molecular complexity index is 847. The molecule has 0 bridgehead atoms. The van der Waals surface area contributed by atoms with Gasteiger partial charge in [0.2, 0.25) is 0 Å². The number of halogens is 3. The smallest absolute Gasteiger partial charge is 0.267 e. The second kappa shape index (κ2) is 5.64. The molecule has 0 saturated carbocycles. The van der Waals surface area contributed by atoms with Crippen LogP contribution in [0.25, 0.3) is 10.1 Å². The molecule has 1 amide bonds. The number of nitrogens with one attached hydrogen (secondary N) is 1. The van der Waals surface area contributed by atoms with Crippen molar-refractivity contribution >= 4 is 56.2 Å². The van der Waals surface area contributed by atoms with Crippen LogP contribution in [0.5, 0.6) is 0 Å². The van der Waals surface area contributed by atoms with E-state index in [1.165, 1.54) is 29.5 Å². The zero-order valence-electron chi connectivity index (χ0n) is 10.5. The van der Waals surface area contributed by atoms with Crippen LogP contribution in [0.4, 0.5) is 10.1 Å². The molecule has 6 heteroatoms. The van der Waals surface area contributed by atoms with Crippen LogP contribution >= 0.6 is 34.5 Å². The number of rotatable bonds is 2. The van der Waals surface area contributed by atoms with Crippen LogP contribution in [0.3, 0.4) is 0 Å². The number of thiophene rings is 1. The molecule has 0 aliphatic heterocycles. The maximum absolute atomic E-state index is 13.1. The van der Waals surface area contributed by atoms with Gasteiger partial charge in [-0.05, 0) is 30.3 Å². The van der Waals surface area contributed by atoms with Crippen molar-refractivity contribution in [1.82, 2.24) is 0 Å². The minimum atomic E-state index is -0.415. The normalized spacial score (nSPS) is 10.8. The van der Waals surface area contributed by atoms with Crippen molar-refractivity contribution in [3.63, 3.8) is 0 Å². The summed E-state index contributed by atoms with van der Waals surface area (Å²) in [6, 6.07) is 10.9. The predicted molar refractivity (Wildman–Crippen MR) is 86.2 cm³/mol. The summed E-state index contributed by atoms with van der Waals surface area (Å²) >= 11 is 13.4. The summed E-state index contributed by atoms with van der Waals surface area (Å²) in [6.07, 6.45) is 0. The van der Waals surface area contributed by atoms with Crippen molar-refractivity contribution in [2.24, 2.45) is 0 Å². The molecular formula is C15H8Cl2FNOS. The van der Waals surface area contributed by atoms with Crippen LogP contribution in [0.2, 0.25) is 10.0 Å². The van der Waals surface area contributed by atoms with Crippen LogP contribution in [-0.2, 0) is 0 Å². The van der Waals surface area contributed by atoms with Gasteiger partial charge in [-0.3, -0.25) is 4.79 Å². The number of anilines is 1. The van der Waals surface area contributed by atoms with Gasteiger partial charge in [0.25, 0.3) is 5.91 Å². The highest BCUT2D eigenvalue weighted by Gasteiger charge is 2.17. The van der Waals surface area contributed by atoms with Gasteiger partial charge in [-0.1, -0.05) is 35.3 Å². The molecule has 106 valence electrons. The first-order valence-electron chi connectivity index (χ1n) is 5.99. The average molecular weight is 340 g/mol. The van der Waals surface area contributed by atoms with Crippen molar-refractivity contribution in [2.45, 2.75) is 0 Å². The number of hydrogen-bond donors (Lipinski definition) is 1. The van der Waals surface area contributed by atoms with Gasteiger partial charge in [-0.2, -0.15) is 0 Å². The molecule has 3 rings (SSSR count). The third-order valence-electron chi connectivity index (χ3n) is 2.88. The molecule has 2 nitrogen and oxygen atoms in total. The number of fused-ring (bicyclic) bond motifs is 1. The predicted octanol–water partition coefficient (Wildman–Crippen LogP) is 5.60. The van der Waals surface area contributed by atoms with Crippen molar-refractivity contribution in [3.8, 4) is 0 Å². The Kier molecular flexibility index (Phi) is 3.85. The summed E-state index contributed by atoms with van der Waals surface area (Å²) < 4.78 is 14.0. The van der Waals surface area contributed by atoms with Crippen LogP contribution in [-0.4, -0.2) is 5.91 Å². The van der Waals surface area contributed by atoms with Crippen LogP contribution in [0, 0.1) is 5.82 Å². The summed E-state index contributed by atoms with van der Waals surface area (Å²) in [4.78, 5) is 12.6. The van der Waals surface area contributed by atoms with E-state index in [4.69, 9.17) is 23.2 Å². The second-order valence-electron chi connectivity index (χ2n) is 4.35. The molecule has 3 aromatic rings. The summed E-state index contributed by atoms with van der Waals surface area (Å²) in [6.45, 7) is 0. The molecule has 0 radical (unpaired) electrons. The van der Waals surface area contributed by atoms with Gasteiger partial charge in [0.05, 0.1) is 5.02 Å². The first kappa shape index (κ1) is 14.3. The fraction of sp³-hybridized carbons (Fsp3) is 0. The third kappa shape index (κ3) is 2.88. The van der Waals surface area contributed by atoms with E-state index in [1.807, 2.05) is 0 Å². The summed E-state index contributed by atoms with van der Waals surface area (Å²) in [5.74, 6) is -0.787. The lowest BCUT2D eigenvalue weighted by atomic mass is 10.2. The topological polar surface area (TPSA) is 29.1 Å². The lowest BCUT2D eigenvalue weighted by molar-refractivity contribution is 0.103. The van der Waals surface area contributed by atoms with E-state index in [-0.39, 0.29) is 5.91 Å². The van der Waals surface area contributed by atoms with Gasteiger partial charge in [0, 0.05) is 20.8 Å². The molecule has 0 spiro atoms. The zero-order valence-corrected chi connectivity index (χ0v) is 12.8. The first-order chi connectivity index (χ1) is 10.0. The van der Waals surface area contributed by atoms with Gasteiger partial charge < -0.3 is 5.32 Å². The van der Waals surface area contributed by atoms with E-state index in [0.717, 1.165) is 10.1 Å². The maximum Gasteiger partial charge on any atom is 0.267 e. The highest BCUT2D eigenvalue weighted by atomic mass is 35.5. The fourth-order valence-electron chi connectivity index (χ4n) is 1.94. The van der Waals surface area contributed by atoms with E-state index in [9.17, 15) is 9.18 Å². The Labute approximate surface area is 134 Å². The Morgan fingerprint density at radius 2 is 1.95 bits per heavy atom. The third-order valence-corrected chi connectivity index (χ3v) is 4.77. The summed E-state index contributed by atoms with van der Waals surface area (Å²) in [5.41, 5.74) is 0.381. The fourth-order valence-corrected chi connectivity index (χ4v) is 3.63. The summed E-state index contributed by atoms with van der Waals surface area (Å²) in [7, 11) is 0. The highest BCUT2D eigenvalue weighted by molar-refractivity contribution is 7.21. The number of carbonyl (C=O) groups is 1. The Hall–Kier alpha value is -1.62. The minimum Gasteiger partial charge on any atom is -0.321 e. The molecular weight excluding hydrogens is 332 g/mol. The zero-order chi connectivity index (χ0) is 15.0. The molecule has 0 saturated heterocycles. The summed E-state index contributed by atoms with van der Waals surface area (Å²) in [5, 5.41) is 4.36.